The summed E-state index contributed by atoms with van der Waals surface area (Å²) in [6.45, 7) is 0.383. The fourth-order valence-corrected chi connectivity index (χ4v) is 3.06. The number of carbonyl (C=O) groups is 1. The number of ether oxygens (including phenoxy) is 2. The van der Waals surface area contributed by atoms with Crippen molar-refractivity contribution >= 4 is 28.1 Å². The number of hydrogen-bond donors (Lipinski definition) is 1. The Balaban J connectivity index is 1.65. The second kappa shape index (κ2) is 9.71. The number of benzene rings is 3. The molecule has 5 nitrogen and oxygen atoms in total. The van der Waals surface area contributed by atoms with E-state index in [1.807, 2.05) is 54.6 Å². The van der Waals surface area contributed by atoms with Crippen molar-refractivity contribution in [3.05, 3.63) is 94.0 Å². The summed E-state index contributed by atoms with van der Waals surface area (Å²) in [4.78, 5) is 12.5. The molecule has 0 aliphatic heterocycles. The number of carbonyl (C=O) groups excluding carboxylic acids is 1. The lowest BCUT2D eigenvalue weighted by Crippen LogP contribution is -2.18. The van der Waals surface area contributed by atoms with Gasteiger partial charge in [0.25, 0.3) is 5.91 Å². The fraction of sp³-hybridized carbons (Fsp3) is 0.0909. The molecule has 0 fully saturated rings. The zero-order valence-corrected chi connectivity index (χ0v) is 16.8. The number of rotatable bonds is 7. The molecule has 1 N–H and O–H groups in total. The molecule has 0 aliphatic rings. The molecule has 1 amide bonds. The van der Waals surface area contributed by atoms with Crippen LogP contribution in [0.2, 0.25) is 0 Å². The van der Waals surface area contributed by atoms with E-state index in [2.05, 4.69) is 26.5 Å². The van der Waals surface area contributed by atoms with E-state index in [4.69, 9.17) is 9.47 Å². The topological polar surface area (TPSA) is 59.9 Å². The maximum atomic E-state index is 12.5. The molecular formula is C22H19BrN2O3. The summed E-state index contributed by atoms with van der Waals surface area (Å²) in [5.74, 6) is 0.893. The largest absolute Gasteiger partial charge is 0.496 e. The third-order valence-electron chi connectivity index (χ3n) is 3.92. The van der Waals surface area contributed by atoms with Crippen molar-refractivity contribution in [2.24, 2.45) is 5.10 Å². The van der Waals surface area contributed by atoms with Gasteiger partial charge in [-0.05, 0) is 57.4 Å². The number of amides is 1. The quantitative estimate of drug-likeness (QED) is 0.425. The standard InChI is InChI=1S/C22H19BrN2O3/c1-27-21-12-11-17(13-19(21)23)14-24-25-22(26)18-9-5-6-10-20(18)28-15-16-7-3-2-4-8-16/h2-14H,15H2,1H3,(H,25,26)/b24-14+. The summed E-state index contributed by atoms with van der Waals surface area (Å²) >= 11 is 3.42. The normalized spacial score (nSPS) is 10.6. The van der Waals surface area contributed by atoms with Gasteiger partial charge in [0.1, 0.15) is 18.1 Å². The van der Waals surface area contributed by atoms with E-state index in [1.54, 1.807) is 31.5 Å². The van der Waals surface area contributed by atoms with E-state index in [9.17, 15) is 4.79 Å². The van der Waals surface area contributed by atoms with Gasteiger partial charge in [0, 0.05) is 0 Å². The SMILES string of the molecule is COc1ccc(/C=N/NC(=O)c2ccccc2OCc2ccccc2)cc1Br. The van der Waals surface area contributed by atoms with Crippen LogP contribution < -0.4 is 14.9 Å². The van der Waals surface area contributed by atoms with Crippen molar-refractivity contribution in [2.45, 2.75) is 6.61 Å². The second-order valence-corrected chi connectivity index (χ2v) is 6.72. The maximum Gasteiger partial charge on any atom is 0.275 e. The van der Waals surface area contributed by atoms with Crippen molar-refractivity contribution < 1.29 is 14.3 Å². The number of nitrogens with one attached hydrogen (secondary N) is 1. The average Bonchev–Trinajstić information content (AvgIpc) is 2.73. The number of para-hydroxylation sites is 1. The van der Waals surface area contributed by atoms with E-state index in [1.165, 1.54) is 0 Å². The van der Waals surface area contributed by atoms with Crippen molar-refractivity contribution in [3.63, 3.8) is 0 Å². The lowest BCUT2D eigenvalue weighted by Gasteiger charge is -2.10. The molecule has 0 aromatic heterocycles. The summed E-state index contributed by atoms with van der Waals surface area (Å²) < 4.78 is 11.8. The first-order valence-electron chi connectivity index (χ1n) is 8.60. The van der Waals surface area contributed by atoms with Crippen LogP contribution in [0.15, 0.2) is 82.4 Å². The first-order valence-corrected chi connectivity index (χ1v) is 9.39. The Hall–Kier alpha value is -3.12. The lowest BCUT2D eigenvalue weighted by atomic mass is 10.2. The number of methoxy groups -OCH3 is 1. The van der Waals surface area contributed by atoms with Crippen molar-refractivity contribution in [3.8, 4) is 11.5 Å². The molecule has 0 spiro atoms. The Labute approximate surface area is 172 Å². The molecule has 0 saturated carbocycles. The van der Waals surface area contributed by atoms with Gasteiger partial charge in [-0.25, -0.2) is 5.43 Å². The molecule has 142 valence electrons. The molecule has 0 heterocycles. The summed E-state index contributed by atoms with van der Waals surface area (Å²) in [5, 5.41) is 4.03. The van der Waals surface area contributed by atoms with Gasteiger partial charge in [0.2, 0.25) is 0 Å². The monoisotopic (exact) mass is 438 g/mol. The van der Waals surface area contributed by atoms with Gasteiger partial charge in [-0.1, -0.05) is 42.5 Å². The van der Waals surface area contributed by atoms with Crippen LogP contribution in [0.4, 0.5) is 0 Å². The Kier molecular flexibility index (Phi) is 6.81. The molecule has 0 atom stereocenters. The number of nitrogens with zero attached hydrogens (tertiary/aromatic N) is 1. The fourth-order valence-electron chi connectivity index (χ4n) is 2.50. The summed E-state index contributed by atoms with van der Waals surface area (Å²) in [6.07, 6.45) is 1.57. The van der Waals surface area contributed by atoms with E-state index in [0.29, 0.717) is 17.9 Å². The summed E-state index contributed by atoms with van der Waals surface area (Å²) in [5.41, 5.74) is 4.81. The van der Waals surface area contributed by atoms with Gasteiger partial charge < -0.3 is 9.47 Å². The Morgan fingerprint density at radius 1 is 1.04 bits per heavy atom. The van der Waals surface area contributed by atoms with Gasteiger partial charge >= 0.3 is 0 Å². The van der Waals surface area contributed by atoms with E-state index < -0.39 is 0 Å². The highest BCUT2D eigenvalue weighted by Crippen LogP contribution is 2.25. The average molecular weight is 439 g/mol. The predicted molar refractivity (Wildman–Crippen MR) is 113 cm³/mol. The third-order valence-corrected chi connectivity index (χ3v) is 4.54. The van der Waals surface area contributed by atoms with E-state index >= 15 is 0 Å². The molecule has 0 unspecified atom stereocenters. The zero-order valence-electron chi connectivity index (χ0n) is 15.3. The van der Waals surface area contributed by atoms with Crippen LogP contribution in [0.25, 0.3) is 0 Å². The van der Waals surface area contributed by atoms with E-state index in [0.717, 1.165) is 21.3 Å². The molecule has 0 saturated heterocycles. The highest BCUT2D eigenvalue weighted by molar-refractivity contribution is 9.10. The van der Waals surface area contributed by atoms with Crippen LogP contribution in [-0.4, -0.2) is 19.2 Å². The third kappa shape index (κ3) is 5.20. The minimum atomic E-state index is -0.340. The van der Waals surface area contributed by atoms with Crippen LogP contribution in [-0.2, 0) is 6.61 Å². The first kappa shape index (κ1) is 19.6. The number of hydrogen-bond acceptors (Lipinski definition) is 4. The highest BCUT2D eigenvalue weighted by Gasteiger charge is 2.11. The van der Waals surface area contributed by atoms with Crippen molar-refractivity contribution in [1.29, 1.82) is 0 Å². The van der Waals surface area contributed by atoms with Crippen LogP contribution in [0, 0.1) is 0 Å². The summed E-state index contributed by atoms with van der Waals surface area (Å²) in [6, 6.07) is 22.4. The second-order valence-electron chi connectivity index (χ2n) is 5.86. The molecule has 28 heavy (non-hydrogen) atoms. The molecule has 6 heteroatoms. The molecular weight excluding hydrogens is 420 g/mol. The smallest absolute Gasteiger partial charge is 0.275 e. The number of halogens is 1. The van der Waals surface area contributed by atoms with Gasteiger partial charge in [-0.15, -0.1) is 0 Å². The minimum absolute atomic E-state index is 0.340. The van der Waals surface area contributed by atoms with Gasteiger partial charge in [-0.2, -0.15) is 5.10 Å². The van der Waals surface area contributed by atoms with Gasteiger partial charge in [-0.3, -0.25) is 4.79 Å². The Morgan fingerprint density at radius 3 is 2.54 bits per heavy atom. The number of hydrazone groups is 1. The molecule has 0 aliphatic carbocycles. The van der Waals surface area contributed by atoms with Gasteiger partial charge in [0.05, 0.1) is 23.4 Å². The van der Waals surface area contributed by atoms with E-state index in [-0.39, 0.29) is 5.91 Å². The summed E-state index contributed by atoms with van der Waals surface area (Å²) in [7, 11) is 1.60. The molecule has 3 aromatic carbocycles. The lowest BCUT2D eigenvalue weighted by molar-refractivity contribution is 0.0950. The zero-order chi connectivity index (χ0) is 19.8. The molecule has 3 rings (SSSR count). The minimum Gasteiger partial charge on any atom is -0.496 e. The Morgan fingerprint density at radius 2 is 1.79 bits per heavy atom. The van der Waals surface area contributed by atoms with Crippen molar-refractivity contribution in [1.82, 2.24) is 5.43 Å². The molecule has 3 aromatic rings. The highest BCUT2D eigenvalue weighted by atomic mass is 79.9. The van der Waals surface area contributed by atoms with Gasteiger partial charge in [0.15, 0.2) is 0 Å². The molecule has 0 radical (unpaired) electrons. The first-order chi connectivity index (χ1) is 13.7. The van der Waals surface area contributed by atoms with Crippen LogP contribution in [0.1, 0.15) is 21.5 Å². The van der Waals surface area contributed by atoms with Crippen LogP contribution in [0.5, 0.6) is 11.5 Å². The Bertz CT molecular complexity index is 975. The van der Waals surface area contributed by atoms with Crippen molar-refractivity contribution in [2.75, 3.05) is 7.11 Å². The van der Waals surface area contributed by atoms with Crippen LogP contribution >= 0.6 is 15.9 Å². The predicted octanol–water partition coefficient (Wildman–Crippen LogP) is 4.80. The van der Waals surface area contributed by atoms with Crippen LogP contribution in [0.3, 0.4) is 0 Å². The molecule has 0 bridgehead atoms. The maximum absolute atomic E-state index is 12.5.